The number of aliphatic carboxylic acids is 1. The van der Waals surface area contributed by atoms with Crippen molar-refractivity contribution in [2.24, 2.45) is 0 Å². The van der Waals surface area contributed by atoms with E-state index in [0.717, 1.165) is 19.3 Å². The van der Waals surface area contributed by atoms with Crippen molar-refractivity contribution >= 4 is 30.8 Å². The van der Waals surface area contributed by atoms with Gasteiger partial charge in [-0.2, -0.15) is 0 Å². The molecule has 0 bridgehead atoms. The number of carboxylic acids is 1. The van der Waals surface area contributed by atoms with E-state index < -0.39 is 5.97 Å². The molecule has 0 fully saturated rings. The minimum atomic E-state index is -0.809. The third-order valence-electron chi connectivity index (χ3n) is 1.35. The van der Waals surface area contributed by atoms with Crippen molar-refractivity contribution in [1.29, 1.82) is 0 Å². The van der Waals surface area contributed by atoms with E-state index in [1.54, 1.807) is 13.0 Å². The molecule has 0 aliphatic carbocycles. The fourth-order valence-corrected chi connectivity index (χ4v) is 0.610. The second-order valence-corrected chi connectivity index (χ2v) is 2.33. The zero-order valence-electron chi connectivity index (χ0n) is 7.37. The van der Waals surface area contributed by atoms with Crippen molar-refractivity contribution in [2.45, 2.75) is 33.1 Å². The lowest BCUT2D eigenvalue weighted by atomic mass is 10.2. The van der Waals surface area contributed by atoms with Gasteiger partial charge in [0.05, 0.1) is 0 Å². The van der Waals surface area contributed by atoms with Crippen molar-refractivity contribution in [3.05, 3.63) is 11.6 Å². The average molecular weight is 215 g/mol. The summed E-state index contributed by atoms with van der Waals surface area (Å²) in [6, 6.07) is 0. The van der Waals surface area contributed by atoms with Crippen LogP contribution in [0.3, 0.4) is 0 Å². The molecule has 0 atom stereocenters. The molecule has 0 saturated heterocycles. The Labute approximate surface area is 85.9 Å². The molecule has 0 rings (SSSR count). The molecule has 0 aliphatic rings. The molecule has 0 aliphatic heterocycles. The molecule has 4 heteroatoms. The van der Waals surface area contributed by atoms with Crippen LogP contribution in [0.2, 0.25) is 0 Å². The maximum Gasteiger partial charge on any atom is 0.330 e. The van der Waals surface area contributed by atoms with Crippen molar-refractivity contribution in [1.82, 2.24) is 0 Å². The number of allylic oxidation sites excluding steroid dienone is 1. The Morgan fingerprint density at radius 1 is 1.42 bits per heavy atom. The highest BCUT2D eigenvalue weighted by molar-refractivity contribution is 5.86. The van der Waals surface area contributed by atoms with Gasteiger partial charge in [-0.15, -0.1) is 24.8 Å². The largest absolute Gasteiger partial charge is 0.478 e. The molecule has 0 spiro atoms. The van der Waals surface area contributed by atoms with E-state index in [2.05, 4.69) is 6.92 Å². The molecule has 0 saturated carbocycles. The second kappa shape index (κ2) is 10.8. The Morgan fingerprint density at radius 2 is 1.92 bits per heavy atom. The first-order chi connectivity index (χ1) is 4.68. The van der Waals surface area contributed by atoms with E-state index in [4.69, 9.17) is 5.11 Å². The second-order valence-electron chi connectivity index (χ2n) is 2.33. The van der Waals surface area contributed by atoms with E-state index >= 15 is 0 Å². The smallest absolute Gasteiger partial charge is 0.330 e. The lowest BCUT2D eigenvalue weighted by molar-refractivity contribution is -0.132. The predicted molar refractivity (Wildman–Crippen MR) is 55.4 cm³/mol. The summed E-state index contributed by atoms with van der Waals surface area (Å²) in [5, 5.41) is 8.41. The number of hydrogen-bond donors (Lipinski definition) is 1. The molecule has 2 nitrogen and oxygen atoms in total. The number of hydrogen-bond acceptors (Lipinski definition) is 1. The van der Waals surface area contributed by atoms with Crippen molar-refractivity contribution < 1.29 is 9.90 Å². The quantitative estimate of drug-likeness (QED) is 0.578. The summed E-state index contributed by atoms with van der Waals surface area (Å²) in [7, 11) is 0. The minimum Gasteiger partial charge on any atom is -0.478 e. The summed E-state index contributed by atoms with van der Waals surface area (Å²) in [5.74, 6) is -0.809. The van der Waals surface area contributed by atoms with Crippen LogP contribution >= 0.6 is 24.8 Å². The van der Waals surface area contributed by atoms with Gasteiger partial charge in [-0.3, -0.25) is 0 Å². The standard InChI is InChI=1S/C8H14O2.2ClH/c1-3-4-5-6-7(2)8(9)10;;/h6H,3-5H2,1-2H3,(H,9,10);2*1H. The first-order valence-corrected chi connectivity index (χ1v) is 3.58. The van der Waals surface area contributed by atoms with Crippen LogP contribution in [-0.4, -0.2) is 11.1 Å². The lowest BCUT2D eigenvalue weighted by Gasteiger charge is -1.91. The van der Waals surface area contributed by atoms with Crippen molar-refractivity contribution in [3.63, 3.8) is 0 Å². The van der Waals surface area contributed by atoms with Crippen LogP contribution < -0.4 is 0 Å². The van der Waals surface area contributed by atoms with Gasteiger partial charge in [0.15, 0.2) is 0 Å². The van der Waals surface area contributed by atoms with Crippen molar-refractivity contribution in [3.8, 4) is 0 Å². The Kier molecular flexibility index (Phi) is 16.0. The van der Waals surface area contributed by atoms with Gasteiger partial charge in [0.1, 0.15) is 0 Å². The number of unbranched alkanes of at least 4 members (excludes halogenated alkanes) is 2. The van der Waals surface area contributed by atoms with Gasteiger partial charge < -0.3 is 5.11 Å². The van der Waals surface area contributed by atoms with Gasteiger partial charge in [-0.25, -0.2) is 4.79 Å². The van der Waals surface area contributed by atoms with Gasteiger partial charge in [-0.05, 0) is 13.3 Å². The van der Waals surface area contributed by atoms with E-state index in [-0.39, 0.29) is 24.8 Å². The van der Waals surface area contributed by atoms with Crippen LogP contribution in [0, 0.1) is 0 Å². The van der Waals surface area contributed by atoms with E-state index in [0.29, 0.717) is 5.57 Å². The number of carboxylic acid groups (broad SMARTS) is 1. The highest BCUT2D eigenvalue weighted by atomic mass is 35.5. The van der Waals surface area contributed by atoms with Crippen LogP contribution in [0.1, 0.15) is 33.1 Å². The highest BCUT2D eigenvalue weighted by Gasteiger charge is 1.96. The van der Waals surface area contributed by atoms with Crippen LogP contribution in [-0.2, 0) is 4.79 Å². The third kappa shape index (κ3) is 9.79. The molecule has 0 unspecified atom stereocenters. The zero-order valence-corrected chi connectivity index (χ0v) is 9.00. The number of rotatable bonds is 4. The van der Waals surface area contributed by atoms with Crippen LogP contribution in [0.25, 0.3) is 0 Å². The average Bonchev–Trinajstić information content (AvgIpc) is 1.88. The van der Waals surface area contributed by atoms with Gasteiger partial charge in [0, 0.05) is 5.57 Å². The Balaban J connectivity index is -0.000000405. The first kappa shape index (κ1) is 17.8. The first-order valence-electron chi connectivity index (χ1n) is 3.58. The summed E-state index contributed by atoms with van der Waals surface area (Å²) in [4.78, 5) is 10.2. The highest BCUT2D eigenvalue weighted by Crippen LogP contribution is 2.00. The van der Waals surface area contributed by atoms with Crippen LogP contribution in [0.15, 0.2) is 11.6 Å². The Bertz CT molecular complexity index is 144. The van der Waals surface area contributed by atoms with Gasteiger partial charge in [-0.1, -0.05) is 25.8 Å². The molecule has 0 heterocycles. The fraction of sp³-hybridized carbons (Fsp3) is 0.625. The molecule has 1 N–H and O–H groups in total. The number of carbonyl (C=O) groups is 1. The van der Waals surface area contributed by atoms with Gasteiger partial charge >= 0.3 is 5.97 Å². The minimum absolute atomic E-state index is 0. The fourth-order valence-electron chi connectivity index (χ4n) is 0.610. The van der Waals surface area contributed by atoms with E-state index in [1.165, 1.54) is 0 Å². The summed E-state index contributed by atoms with van der Waals surface area (Å²) in [6.45, 7) is 3.71. The van der Waals surface area contributed by atoms with E-state index in [9.17, 15) is 4.79 Å². The number of halogens is 2. The van der Waals surface area contributed by atoms with Crippen molar-refractivity contribution in [2.75, 3.05) is 0 Å². The summed E-state index contributed by atoms with van der Waals surface area (Å²) >= 11 is 0. The summed E-state index contributed by atoms with van der Waals surface area (Å²) < 4.78 is 0. The maximum atomic E-state index is 10.2. The van der Waals surface area contributed by atoms with E-state index in [1.807, 2.05) is 0 Å². The molecule has 74 valence electrons. The van der Waals surface area contributed by atoms with Crippen LogP contribution in [0.4, 0.5) is 0 Å². The maximum absolute atomic E-state index is 10.2. The van der Waals surface area contributed by atoms with Crippen LogP contribution in [0.5, 0.6) is 0 Å². The Hall–Kier alpha value is -0.210. The normalized spacial score (nSPS) is 9.67. The Morgan fingerprint density at radius 3 is 2.25 bits per heavy atom. The molecule has 0 aromatic carbocycles. The SMILES string of the molecule is CCCCC=C(C)C(=O)O.Cl.Cl. The molecule has 0 aromatic heterocycles. The predicted octanol–water partition coefficient (Wildman–Crippen LogP) is 3.05. The molecular formula is C8H16Cl2O2. The van der Waals surface area contributed by atoms with Gasteiger partial charge in [0.2, 0.25) is 0 Å². The summed E-state index contributed by atoms with van der Waals surface area (Å²) in [5.41, 5.74) is 0.452. The monoisotopic (exact) mass is 214 g/mol. The third-order valence-corrected chi connectivity index (χ3v) is 1.35. The zero-order chi connectivity index (χ0) is 7.98. The molecule has 0 amide bonds. The summed E-state index contributed by atoms with van der Waals surface area (Å²) in [6.07, 6.45) is 4.84. The molecule has 12 heavy (non-hydrogen) atoms. The van der Waals surface area contributed by atoms with Gasteiger partial charge in [0.25, 0.3) is 0 Å². The molecule has 0 radical (unpaired) electrons. The molecule has 0 aromatic rings. The lowest BCUT2D eigenvalue weighted by Crippen LogP contribution is -1.95. The topological polar surface area (TPSA) is 37.3 Å². The molecular weight excluding hydrogens is 199 g/mol.